The lowest BCUT2D eigenvalue weighted by molar-refractivity contribution is 0.175. The number of amides is 2. The lowest BCUT2D eigenvalue weighted by Crippen LogP contribution is -2.46. The van der Waals surface area contributed by atoms with E-state index in [9.17, 15) is 4.79 Å². The number of hydrogen-bond donors (Lipinski definition) is 1. The van der Waals surface area contributed by atoms with Crippen LogP contribution in [0.1, 0.15) is 37.3 Å². The maximum absolute atomic E-state index is 12.8. The number of likely N-dealkylation sites (tertiary alicyclic amines) is 1. The van der Waals surface area contributed by atoms with Gasteiger partial charge in [0.1, 0.15) is 5.04 Å². The molecule has 0 aliphatic carbocycles. The van der Waals surface area contributed by atoms with E-state index in [1.807, 2.05) is 54.3 Å². The summed E-state index contributed by atoms with van der Waals surface area (Å²) in [5, 5.41) is 4.08. The number of urea groups is 1. The maximum Gasteiger partial charge on any atom is 0.321 e. The number of aryl methyl sites for hydroxylation is 1. The Kier molecular flexibility index (Phi) is 6.23. The molecule has 2 aliphatic heterocycles. The standard InChI is InChI=1S/C24H28N4OS/c1-3-17-30-22-21(19-10-5-4-6-11-19)26-24(27-22)13-15-28(16-14-24)23(29)25-20-12-8-7-9-18(20)2/h4-12H,3,13-17H2,1-2H3,(H,25,29). The number of carbonyl (C=O) groups is 1. The summed E-state index contributed by atoms with van der Waals surface area (Å²) in [7, 11) is 0. The van der Waals surface area contributed by atoms with Crippen molar-refractivity contribution in [1.82, 2.24) is 4.90 Å². The first-order chi connectivity index (χ1) is 14.6. The Balaban J connectivity index is 1.47. The largest absolute Gasteiger partial charge is 0.324 e. The molecule has 1 N–H and O–H groups in total. The van der Waals surface area contributed by atoms with Gasteiger partial charge in [0.2, 0.25) is 0 Å². The quantitative estimate of drug-likeness (QED) is 0.723. The van der Waals surface area contributed by atoms with Gasteiger partial charge in [0.25, 0.3) is 0 Å². The van der Waals surface area contributed by atoms with Crippen LogP contribution in [0.2, 0.25) is 0 Å². The first-order valence-electron chi connectivity index (χ1n) is 10.6. The zero-order valence-corrected chi connectivity index (χ0v) is 18.4. The van der Waals surface area contributed by atoms with Crippen LogP contribution in [0.3, 0.4) is 0 Å². The Morgan fingerprint density at radius 3 is 2.47 bits per heavy atom. The SMILES string of the molecule is CCCSC1=NC2(CCN(C(=O)Nc3ccccc3C)CC2)N=C1c1ccccc1. The molecule has 5 nitrogen and oxygen atoms in total. The summed E-state index contributed by atoms with van der Waals surface area (Å²) in [4.78, 5) is 24.8. The zero-order valence-electron chi connectivity index (χ0n) is 17.6. The minimum atomic E-state index is -0.430. The number of piperidine rings is 1. The van der Waals surface area contributed by atoms with Crippen molar-refractivity contribution in [1.29, 1.82) is 0 Å². The van der Waals surface area contributed by atoms with E-state index in [-0.39, 0.29) is 6.03 Å². The third-order valence-corrected chi connectivity index (χ3v) is 6.73. The van der Waals surface area contributed by atoms with Crippen molar-refractivity contribution in [2.75, 3.05) is 24.2 Å². The summed E-state index contributed by atoms with van der Waals surface area (Å²) >= 11 is 1.79. The van der Waals surface area contributed by atoms with E-state index >= 15 is 0 Å². The van der Waals surface area contributed by atoms with Crippen LogP contribution in [0.15, 0.2) is 64.6 Å². The molecular formula is C24H28N4OS. The van der Waals surface area contributed by atoms with E-state index < -0.39 is 5.66 Å². The number of hydrogen-bond acceptors (Lipinski definition) is 4. The van der Waals surface area contributed by atoms with Crippen molar-refractivity contribution < 1.29 is 4.79 Å². The van der Waals surface area contributed by atoms with E-state index in [0.29, 0.717) is 13.1 Å². The third kappa shape index (κ3) is 4.43. The summed E-state index contributed by atoms with van der Waals surface area (Å²) in [5.74, 6) is 1.03. The fourth-order valence-corrected chi connectivity index (χ4v) is 4.74. The molecule has 1 spiro atoms. The van der Waals surface area contributed by atoms with Crippen molar-refractivity contribution in [2.24, 2.45) is 9.98 Å². The second-order valence-corrected chi connectivity index (χ2v) is 8.89. The Morgan fingerprint density at radius 2 is 1.77 bits per heavy atom. The Labute approximate surface area is 182 Å². The van der Waals surface area contributed by atoms with Crippen LogP contribution >= 0.6 is 11.8 Å². The molecule has 0 bridgehead atoms. The summed E-state index contributed by atoms with van der Waals surface area (Å²) < 4.78 is 0. The number of aliphatic imine (C=N–C) groups is 2. The van der Waals surface area contributed by atoms with Gasteiger partial charge in [-0.1, -0.05) is 55.5 Å². The van der Waals surface area contributed by atoms with E-state index in [2.05, 4.69) is 24.4 Å². The topological polar surface area (TPSA) is 57.1 Å². The van der Waals surface area contributed by atoms with Crippen LogP contribution in [-0.2, 0) is 0 Å². The predicted octanol–water partition coefficient (Wildman–Crippen LogP) is 5.36. The van der Waals surface area contributed by atoms with E-state index in [0.717, 1.165) is 52.6 Å². The smallest absolute Gasteiger partial charge is 0.321 e. The van der Waals surface area contributed by atoms with Gasteiger partial charge in [-0.2, -0.15) is 0 Å². The highest BCUT2D eigenvalue weighted by molar-refractivity contribution is 8.15. The van der Waals surface area contributed by atoms with Crippen molar-refractivity contribution >= 4 is 34.2 Å². The molecular weight excluding hydrogens is 392 g/mol. The average molecular weight is 421 g/mol. The van der Waals surface area contributed by atoms with Crippen LogP contribution < -0.4 is 5.32 Å². The van der Waals surface area contributed by atoms with Crippen molar-refractivity contribution in [3.63, 3.8) is 0 Å². The highest BCUT2D eigenvalue weighted by atomic mass is 32.2. The molecule has 6 heteroatoms. The lowest BCUT2D eigenvalue weighted by atomic mass is 9.98. The Hall–Kier alpha value is -2.60. The molecule has 0 radical (unpaired) electrons. The van der Waals surface area contributed by atoms with Crippen LogP contribution in [0, 0.1) is 6.92 Å². The van der Waals surface area contributed by atoms with Gasteiger partial charge in [-0.3, -0.25) is 4.99 Å². The van der Waals surface area contributed by atoms with E-state index in [4.69, 9.17) is 9.98 Å². The zero-order chi connectivity index (χ0) is 21.0. The first-order valence-corrected chi connectivity index (χ1v) is 11.6. The molecule has 0 unspecified atom stereocenters. The van der Waals surface area contributed by atoms with Gasteiger partial charge >= 0.3 is 6.03 Å². The fourth-order valence-electron chi connectivity index (χ4n) is 3.81. The fraction of sp³-hybridized carbons (Fsp3) is 0.375. The Bertz CT molecular complexity index is 962. The normalized spacial score (nSPS) is 17.6. The molecule has 2 amide bonds. The molecule has 30 heavy (non-hydrogen) atoms. The first kappa shape index (κ1) is 20.7. The molecule has 4 rings (SSSR count). The van der Waals surface area contributed by atoms with Gasteiger partial charge in [-0.05, 0) is 30.7 Å². The number of benzene rings is 2. The maximum atomic E-state index is 12.8. The number of thioether (sulfide) groups is 1. The van der Waals surface area contributed by atoms with Gasteiger partial charge in [0, 0.05) is 37.2 Å². The molecule has 1 fully saturated rings. The molecule has 1 saturated heterocycles. The van der Waals surface area contributed by atoms with Gasteiger partial charge in [0.05, 0.1) is 5.71 Å². The number of nitrogens with one attached hydrogen (secondary N) is 1. The molecule has 0 aromatic heterocycles. The summed E-state index contributed by atoms with van der Waals surface area (Å²) in [6.07, 6.45) is 2.60. The molecule has 0 atom stereocenters. The van der Waals surface area contributed by atoms with Crippen LogP contribution in [0.25, 0.3) is 0 Å². The highest BCUT2D eigenvalue weighted by Gasteiger charge is 2.40. The molecule has 0 saturated carbocycles. The number of carbonyl (C=O) groups excluding carboxylic acids is 1. The van der Waals surface area contributed by atoms with Crippen LogP contribution in [0.4, 0.5) is 10.5 Å². The summed E-state index contributed by atoms with van der Waals surface area (Å²) in [6.45, 7) is 5.49. The van der Waals surface area contributed by atoms with E-state index in [1.165, 1.54) is 0 Å². The van der Waals surface area contributed by atoms with Gasteiger partial charge in [0.15, 0.2) is 5.66 Å². The van der Waals surface area contributed by atoms with Crippen molar-refractivity contribution in [3.05, 3.63) is 65.7 Å². The minimum absolute atomic E-state index is 0.0472. The molecule has 156 valence electrons. The van der Waals surface area contributed by atoms with E-state index in [1.54, 1.807) is 11.8 Å². The van der Waals surface area contributed by atoms with Crippen LogP contribution in [0.5, 0.6) is 0 Å². The monoisotopic (exact) mass is 420 g/mol. The second-order valence-electron chi connectivity index (χ2n) is 7.81. The highest BCUT2D eigenvalue weighted by Crippen LogP contribution is 2.36. The van der Waals surface area contributed by atoms with Gasteiger partial charge < -0.3 is 10.2 Å². The molecule has 2 aromatic rings. The third-order valence-electron chi connectivity index (χ3n) is 5.56. The second kappa shape index (κ2) is 9.04. The van der Waals surface area contributed by atoms with Gasteiger partial charge in [-0.25, -0.2) is 9.79 Å². The number of anilines is 1. The number of rotatable bonds is 4. The van der Waals surface area contributed by atoms with Crippen molar-refractivity contribution in [2.45, 2.75) is 38.8 Å². The molecule has 2 aliphatic rings. The Morgan fingerprint density at radius 1 is 1.07 bits per heavy atom. The summed E-state index contributed by atoms with van der Waals surface area (Å²) in [5.41, 5.74) is 3.63. The van der Waals surface area contributed by atoms with Crippen molar-refractivity contribution in [3.8, 4) is 0 Å². The minimum Gasteiger partial charge on any atom is -0.324 e. The predicted molar refractivity (Wildman–Crippen MR) is 127 cm³/mol. The van der Waals surface area contributed by atoms with Gasteiger partial charge in [-0.15, -0.1) is 11.8 Å². The molecule has 2 aromatic carbocycles. The number of para-hydroxylation sites is 1. The summed E-state index contributed by atoms with van der Waals surface area (Å²) in [6, 6.07) is 18.1. The number of nitrogens with zero attached hydrogens (tertiary/aromatic N) is 3. The molecule has 2 heterocycles. The average Bonchev–Trinajstić information content (AvgIpc) is 3.13. The lowest BCUT2D eigenvalue weighted by Gasteiger charge is -2.35. The van der Waals surface area contributed by atoms with Crippen LogP contribution in [-0.4, -0.2) is 46.2 Å².